The first kappa shape index (κ1) is 13.8. The third kappa shape index (κ3) is 3.13. The van der Waals surface area contributed by atoms with Crippen LogP contribution in [0.3, 0.4) is 0 Å². The van der Waals surface area contributed by atoms with E-state index in [1.54, 1.807) is 6.33 Å². The van der Waals surface area contributed by atoms with Crippen molar-refractivity contribution in [2.75, 3.05) is 11.9 Å². The third-order valence-corrected chi connectivity index (χ3v) is 3.98. The predicted octanol–water partition coefficient (Wildman–Crippen LogP) is 1.69. The first-order valence-electron chi connectivity index (χ1n) is 7.28. The summed E-state index contributed by atoms with van der Waals surface area (Å²) in [5, 5.41) is 11.9. The van der Waals surface area contributed by atoms with Crippen LogP contribution in [0.5, 0.6) is 0 Å². The molecule has 5 heteroatoms. The number of nitrogens with one attached hydrogen (secondary N) is 2. The molecule has 0 bridgehead atoms. The number of aliphatic hydroxyl groups excluding tert-OH is 1. The molecule has 1 amide bonds. The standard InChI is InChI=1S/C16H19N3O2/c20-8-7-11-1-4-13(5-2-11)19-16(21)12-3-6-14-15(9-12)18-10-17-14/h1-2,4-5,10,12,20H,3,6-9H2,(H,17,18)(H,19,21). The van der Waals surface area contributed by atoms with Gasteiger partial charge in [-0.05, 0) is 37.0 Å². The number of amides is 1. The molecule has 1 unspecified atom stereocenters. The molecule has 2 aromatic rings. The summed E-state index contributed by atoms with van der Waals surface area (Å²) in [6, 6.07) is 7.63. The summed E-state index contributed by atoms with van der Waals surface area (Å²) >= 11 is 0. The van der Waals surface area contributed by atoms with Gasteiger partial charge >= 0.3 is 0 Å². The van der Waals surface area contributed by atoms with Gasteiger partial charge in [-0.1, -0.05) is 12.1 Å². The highest BCUT2D eigenvalue weighted by Crippen LogP contribution is 2.24. The van der Waals surface area contributed by atoms with Crippen LogP contribution < -0.4 is 5.32 Å². The van der Waals surface area contributed by atoms with E-state index in [0.717, 1.165) is 41.9 Å². The number of fused-ring (bicyclic) bond motifs is 1. The van der Waals surface area contributed by atoms with Crippen LogP contribution in [0.1, 0.15) is 23.4 Å². The molecule has 1 aromatic carbocycles. The molecule has 3 N–H and O–H groups in total. The summed E-state index contributed by atoms with van der Waals surface area (Å²) in [5.74, 6) is 0.0558. The fourth-order valence-corrected chi connectivity index (χ4v) is 2.75. The molecule has 5 nitrogen and oxygen atoms in total. The number of H-pyrrole nitrogens is 1. The molecule has 21 heavy (non-hydrogen) atoms. The van der Waals surface area contributed by atoms with E-state index in [0.29, 0.717) is 6.42 Å². The van der Waals surface area contributed by atoms with Crippen molar-refractivity contribution in [1.82, 2.24) is 9.97 Å². The van der Waals surface area contributed by atoms with Gasteiger partial charge in [0.05, 0.1) is 12.0 Å². The van der Waals surface area contributed by atoms with Crippen LogP contribution in [0.2, 0.25) is 0 Å². The lowest BCUT2D eigenvalue weighted by Gasteiger charge is -2.20. The molecule has 110 valence electrons. The number of imidazole rings is 1. The first-order chi connectivity index (χ1) is 10.3. The van der Waals surface area contributed by atoms with Gasteiger partial charge in [-0.15, -0.1) is 0 Å². The molecule has 0 saturated carbocycles. The van der Waals surface area contributed by atoms with Gasteiger partial charge in [0.1, 0.15) is 0 Å². The quantitative estimate of drug-likeness (QED) is 0.800. The van der Waals surface area contributed by atoms with Gasteiger partial charge in [-0.25, -0.2) is 4.98 Å². The topological polar surface area (TPSA) is 78.0 Å². The van der Waals surface area contributed by atoms with Crippen molar-refractivity contribution in [3.8, 4) is 0 Å². The molecule has 1 aliphatic rings. The number of anilines is 1. The predicted molar refractivity (Wildman–Crippen MR) is 80.0 cm³/mol. The number of aromatic nitrogens is 2. The van der Waals surface area contributed by atoms with Crippen molar-refractivity contribution in [2.45, 2.75) is 25.7 Å². The van der Waals surface area contributed by atoms with Crippen molar-refractivity contribution in [3.63, 3.8) is 0 Å². The summed E-state index contributed by atoms with van der Waals surface area (Å²) in [6.07, 6.45) is 4.76. The number of hydrogen-bond acceptors (Lipinski definition) is 3. The molecule has 1 atom stereocenters. The highest BCUT2D eigenvalue weighted by Gasteiger charge is 2.26. The molecule has 1 aromatic heterocycles. The Hall–Kier alpha value is -2.14. The van der Waals surface area contributed by atoms with Crippen LogP contribution in [-0.2, 0) is 24.1 Å². The molecule has 0 aliphatic heterocycles. The van der Waals surface area contributed by atoms with Crippen molar-refractivity contribution >= 4 is 11.6 Å². The fourth-order valence-electron chi connectivity index (χ4n) is 2.75. The summed E-state index contributed by atoms with van der Waals surface area (Å²) in [6.45, 7) is 0.139. The number of rotatable bonds is 4. The zero-order valence-corrected chi connectivity index (χ0v) is 11.8. The summed E-state index contributed by atoms with van der Waals surface area (Å²) in [5.41, 5.74) is 4.04. The molecular weight excluding hydrogens is 266 g/mol. The van der Waals surface area contributed by atoms with Gasteiger partial charge < -0.3 is 15.4 Å². The van der Waals surface area contributed by atoms with Crippen LogP contribution in [0, 0.1) is 5.92 Å². The Balaban J connectivity index is 1.61. The molecule has 1 aliphatic carbocycles. The Bertz CT molecular complexity index is 619. The lowest BCUT2D eigenvalue weighted by Crippen LogP contribution is -2.28. The van der Waals surface area contributed by atoms with E-state index < -0.39 is 0 Å². The number of hydrogen-bond donors (Lipinski definition) is 3. The van der Waals surface area contributed by atoms with E-state index in [4.69, 9.17) is 5.11 Å². The lowest BCUT2D eigenvalue weighted by molar-refractivity contribution is -0.120. The Morgan fingerprint density at radius 1 is 1.38 bits per heavy atom. The van der Waals surface area contributed by atoms with Crippen LogP contribution in [0.15, 0.2) is 30.6 Å². The number of nitrogens with zero attached hydrogens (tertiary/aromatic N) is 1. The Labute approximate surface area is 123 Å². The second kappa shape index (κ2) is 6.10. The molecule has 0 radical (unpaired) electrons. The average Bonchev–Trinajstić information content (AvgIpc) is 2.97. The maximum absolute atomic E-state index is 12.3. The minimum Gasteiger partial charge on any atom is -0.396 e. The Morgan fingerprint density at radius 3 is 2.95 bits per heavy atom. The van der Waals surface area contributed by atoms with Crippen LogP contribution in [-0.4, -0.2) is 27.6 Å². The van der Waals surface area contributed by atoms with Crippen LogP contribution >= 0.6 is 0 Å². The van der Waals surface area contributed by atoms with Gasteiger partial charge in [0.15, 0.2) is 0 Å². The summed E-state index contributed by atoms with van der Waals surface area (Å²) in [4.78, 5) is 19.7. The van der Waals surface area contributed by atoms with Gasteiger partial charge in [-0.3, -0.25) is 4.79 Å². The van der Waals surface area contributed by atoms with Gasteiger partial charge in [-0.2, -0.15) is 0 Å². The second-order valence-electron chi connectivity index (χ2n) is 5.43. The molecule has 0 fully saturated rings. The molecule has 1 heterocycles. The maximum atomic E-state index is 12.3. The number of aromatic amines is 1. The second-order valence-corrected chi connectivity index (χ2v) is 5.43. The number of carbonyl (C=O) groups is 1. The largest absolute Gasteiger partial charge is 0.396 e. The minimum absolute atomic E-state index is 0.00457. The SMILES string of the molecule is O=C(Nc1ccc(CCO)cc1)C1CCc2nc[nH]c2C1. The van der Waals surface area contributed by atoms with Crippen LogP contribution in [0.4, 0.5) is 5.69 Å². The summed E-state index contributed by atoms with van der Waals surface area (Å²) in [7, 11) is 0. The summed E-state index contributed by atoms with van der Waals surface area (Å²) < 4.78 is 0. The van der Waals surface area contributed by atoms with Crippen molar-refractivity contribution < 1.29 is 9.90 Å². The van der Waals surface area contributed by atoms with E-state index in [2.05, 4.69) is 15.3 Å². The molecular formula is C16H19N3O2. The number of carbonyl (C=O) groups excluding carboxylic acids is 1. The first-order valence-corrected chi connectivity index (χ1v) is 7.28. The van der Waals surface area contributed by atoms with Crippen molar-refractivity contribution in [3.05, 3.63) is 47.5 Å². The van der Waals surface area contributed by atoms with Crippen molar-refractivity contribution in [2.24, 2.45) is 5.92 Å². The Morgan fingerprint density at radius 2 is 2.19 bits per heavy atom. The monoisotopic (exact) mass is 285 g/mol. The number of benzene rings is 1. The zero-order valence-electron chi connectivity index (χ0n) is 11.8. The number of aryl methyl sites for hydroxylation is 1. The maximum Gasteiger partial charge on any atom is 0.227 e. The van der Waals surface area contributed by atoms with Gasteiger partial charge in [0, 0.05) is 30.3 Å². The van der Waals surface area contributed by atoms with E-state index in [9.17, 15) is 4.79 Å². The van der Waals surface area contributed by atoms with Gasteiger partial charge in [0.2, 0.25) is 5.91 Å². The van der Waals surface area contributed by atoms with Gasteiger partial charge in [0.25, 0.3) is 0 Å². The minimum atomic E-state index is -0.00457. The van der Waals surface area contributed by atoms with E-state index in [1.165, 1.54) is 0 Å². The van der Waals surface area contributed by atoms with E-state index in [-0.39, 0.29) is 18.4 Å². The Kier molecular flexibility index (Phi) is 4.01. The lowest BCUT2D eigenvalue weighted by atomic mass is 9.89. The fraction of sp³-hybridized carbons (Fsp3) is 0.375. The smallest absolute Gasteiger partial charge is 0.227 e. The van der Waals surface area contributed by atoms with Crippen molar-refractivity contribution in [1.29, 1.82) is 0 Å². The normalized spacial score (nSPS) is 17.3. The van der Waals surface area contributed by atoms with E-state index >= 15 is 0 Å². The number of aliphatic hydroxyl groups is 1. The zero-order chi connectivity index (χ0) is 14.7. The van der Waals surface area contributed by atoms with Crippen LogP contribution in [0.25, 0.3) is 0 Å². The molecule has 0 saturated heterocycles. The molecule has 3 rings (SSSR count). The third-order valence-electron chi connectivity index (χ3n) is 3.98. The van der Waals surface area contributed by atoms with E-state index in [1.807, 2.05) is 24.3 Å². The highest BCUT2D eigenvalue weighted by atomic mass is 16.2. The molecule has 0 spiro atoms. The highest BCUT2D eigenvalue weighted by molar-refractivity contribution is 5.92. The average molecular weight is 285 g/mol.